The van der Waals surface area contributed by atoms with Crippen molar-refractivity contribution in [2.24, 2.45) is 5.73 Å². The molecule has 1 aromatic rings. The number of ether oxygens (including phenoxy) is 2. The van der Waals surface area contributed by atoms with Crippen LogP contribution in [0.2, 0.25) is 0 Å². The lowest BCUT2D eigenvalue weighted by molar-refractivity contribution is -0.0646. The van der Waals surface area contributed by atoms with Gasteiger partial charge in [0.05, 0.1) is 12.1 Å². The molecule has 0 saturated heterocycles. The van der Waals surface area contributed by atoms with Gasteiger partial charge in [-0.15, -0.1) is 0 Å². The van der Waals surface area contributed by atoms with Crippen LogP contribution in [0.3, 0.4) is 0 Å². The lowest BCUT2D eigenvalue weighted by Crippen LogP contribution is -2.59. The van der Waals surface area contributed by atoms with Gasteiger partial charge >= 0.3 is 0 Å². The molecule has 2 rings (SSSR count). The zero-order valence-electron chi connectivity index (χ0n) is 13.1. The Balaban J connectivity index is 2.27. The van der Waals surface area contributed by atoms with Crippen molar-refractivity contribution in [3.63, 3.8) is 0 Å². The van der Waals surface area contributed by atoms with Crippen molar-refractivity contribution in [1.29, 1.82) is 0 Å². The second-order valence-electron chi connectivity index (χ2n) is 5.18. The van der Waals surface area contributed by atoms with E-state index in [2.05, 4.69) is 0 Å². The molecule has 7 heteroatoms. The van der Waals surface area contributed by atoms with Crippen molar-refractivity contribution in [1.82, 2.24) is 0 Å². The Labute approximate surface area is 150 Å². The Morgan fingerprint density at radius 2 is 2.08 bits per heavy atom. The third kappa shape index (κ3) is 3.55. The second kappa shape index (κ2) is 7.09. The van der Waals surface area contributed by atoms with E-state index in [4.69, 9.17) is 38.4 Å². The average Bonchev–Trinajstić information content (AvgIpc) is 2.57. The van der Waals surface area contributed by atoms with E-state index in [0.717, 1.165) is 0 Å². The Morgan fingerprint density at radius 3 is 2.71 bits per heavy atom. The molecule has 2 unspecified atom stereocenters. The van der Waals surface area contributed by atoms with Crippen LogP contribution in [0.25, 0.3) is 0 Å². The third-order valence-corrected chi connectivity index (χ3v) is 4.56. The second-order valence-corrected chi connectivity index (χ2v) is 6.15. The van der Waals surface area contributed by atoms with Gasteiger partial charge in [-0.05, 0) is 35.9 Å². The van der Waals surface area contributed by atoms with Gasteiger partial charge < -0.3 is 14.6 Å². The van der Waals surface area contributed by atoms with E-state index in [1.807, 2.05) is 0 Å². The van der Waals surface area contributed by atoms with Gasteiger partial charge in [0.2, 0.25) is 5.06 Å². The molecular weight excluding hydrogens is 353 g/mol. The summed E-state index contributed by atoms with van der Waals surface area (Å²) in [6.45, 7) is 0. The summed E-state index contributed by atoms with van der Waals surface area (Å²) in [5.41, 5.74) is 4.57. The predicted molar refractivity (Wildman–Crippen MR) is 93.2 cm³/mol. The SMILES string of the molecule is COc1cccc(C(=O)C=CC2=CC(Cl)(OC)C(N)(O)C(Cl)=C2)c1. The largest absolute Gasteiger partial charge is 0.497 e. The van der Waals surface area contributed by atoms with Gasteiger partial charge in [-0.1, -0.05) is 41.4 Å². The highest BCUT2D eigenvalue weighted by atomic mass is 35.5. The number of methoxy groups -OCH3 is 2. The van der Waals surface area contributed by atoms with Gasteiger partial charge in [0, 0.05) is 12.7 Å². The van der Waals surface area contributed by atoms with Crippen LogP contribution in [0.1, 0.15) is 10.4 Å². The van der Waals surface area contributed by atoms with Crippen LogP contribution < -0.4 is 10.5 Å². The minimum Gasteiger partial charge on any atom is -0.497 e. The normalized spacial score (nSPS) is 26.9. The highest BCUT2D eigenvalue weighted by molar-refractivity contribution is 6.34. The molecule has 24 heavy (non-hydrogen) atoms. The smallest absolute Gasteiger partial charge is 0.208 e. The molecular formula is C17H17Cl2NO4. The minimum absolute atomic E-state index is 0.102. The van der Waals surface area contributed by atoms with Crippen molar-refractivity contribution in [3.8, 4) is 5.75 Å². The van der Waals surface area contributed by atoms with E-state index >= 15 is 0 Å². The summed E-state index contributed by atoms with van der Waals surface area (Å²) in [6, 6.07) is 6.77. The Bertz CT molecular complexity index is 740. The molecule has 2 atom stereocenters. The number of aliphatic hydroxyl groups is 1. The molecule has 1 aliphatic carbocycles. The average molecular weight is 370 g/mol. The maximum Gasteiger partial charge on any atom is 0.208 e. The fourth-order valence-electron chi connectivity index (χ4n) is 2.14. The van der Waals surface area contributed by atoms with Crippen LogP contribution in [-0.4, -0.2) is 35.9 Å². The monoisotopic (exact) mass is 369 g/mol. The minimum atomic E-state index is -2.07. The number of carbonyl (C=O) groups is 1. The summed E-state index contributed by atoms with van der Waals surface area (Å²) in [5.74, 6) is 0.354. The highest BCUT2D eigenvalue weighted by Gasteiger charge is 2.50. The lowest BCUT2D eigenvalue weighted by atomic mass is 9.95. The zero-order chi connectivity index (χ0) is 18.0. The van der Waals surface area contributed by atoms with Crippen molar-refractivity contribution in [3.05, 3.63) is 64.7 Å². The van der Waals surface area contributed by atoms with Gasteiger partial charge in [0.25, 0.3) is 0 Å². The van der Waals surface area contributed by atoms with E-state index in [1.54, 1.807) is 24.3 Å². The molecule has 0 heterocycles. The summed E-state index contributed by atoms with van der Waals surface area (Å²) < 4.78 is 10.2. The first-order chi connectivity index (χ1) is 11.2. The summed E-state index contributed by atoms with van der Waals surface area (Å²) in [6.07, 6.45) is 5.66. The van der Waals surface area contributed by atoms with Crippen molar-refractivity contribution in [2.45, 2.75) is 10.8 Å². The zero-order valence-corrected chi connectivity index (χ0v) is 14.6. The van der Waals surface area contributed by atoms with Gasteiger partial charge in [-0.2, -0.15) is 0 Å². The van der Waals surface area contributed by atoms with Crippen LogP contribution >= 0.6 is 23.2 Å². The Hall–Kier alpha value is -1.63. The molecule has 0 fully saturated rings. The fourth-order valence-corrected chi connectivity index (χ4v) is 2.68. The van der Waals surface area contributed by atoms with Crippen LogP contribution in [0.5, 0.6) is 5.75 Å². The summed E-state index contributed by atoms with van der Waals surface area (Å²) in [4.78, 5) is 12.2. The molecule has 1 aromatic carbocycles. The topological polar surface area (TPSA) is 81.8 Å². The van der Waals surface area contributed by atoms with E-state index in [-0.39, 0.29) is 10.8 Å². The molecule has 128 valence electrons. The third-order valence-electron chi connectivity index (χ3n) is 3.61. The highest BCUT2D eigenvalue weighted by Crippen LogP contribution is 2.40. The van der Waals surface area contributed by atoms with Crippen LogP contribution in [0.15, 0.2) is 59.2 Å². The number of rotatable bonds is 5. The maximum absolute atomic E-state index is 12.2. The molecule has 3 N–H and O–H groups in total. The summed E-state index contributed by atoms with van der Waals surface area (Å²) >= 11 is 12.2. The number of allylic oxidation sites excluding steroid dienone is 4. The molecule has 1 aliphatic rings. The van der Waals surface area contributed by atoms with Crippen LogP contribution in [-0.2, 0) is 4.74 Å². The lowest BCUT2D eigenvalue weighted by Gasteiger charge is -2.39. The molecule has 0 aliphatic heterocycles. The first-order valence-electron chi connectivity index (χ1n) is 6.96. The van der Waals surface area contributed by atoms with E-state index in [9.17, 15) is 9.90 Å². The number of ketones is 1. The number of halogens is 2. The van der Waals surface area contributed by atoms with Gasteiger partial charge in [-0.25, -0.2) is 0 Å². The van der Waals surface area contributed by atoms with Crippen LogP contribution in [0, 0.1) is 0 Å². The van der Waals surface area contributed by atoms with Crippen LogP contribution in [0.4, 0.5) is 0 Å². The van der Waals surface area contributed by atoms with Gasteiger partial charge in [0.15, 0.2) is 11.5 Å². The Kier molecular flexibility index (Phi) is 5.52. The molecule has 0 spiro atoms. The first kappa shape index (κ1) is 18.7. The number of benzene rings is 1. The van der Waals surface area contributed by atoms with E-state index < -0.39 is 10.8 Å². The number of hydrogen-bond donors (Lipinski definition) is 2. The molecule has 0 radical (unpaired) electrons. The van der Waals surface area contributed by atoms with E-state index in [0.29, 0.717) is 16.9 Å². The van der Waals surface area contributed by atoms with Gasteiger partial charge in [0.1, 0.15) is 5.75 Å². The van der Waals surface area contributed by atoms with Crippen molar-refractivity contribution in [2.75, 3.05) is 14.2 Å². The first-order valence-corrected chi connectivity index (χ1v) is 7.71. The van der Waals surface area contributed by atoms with Gasteiger partial charge in [-0.3, -0.25) is 10.5 Å². The number of hydrogen-bond acceptors (Lipinski definition) is 5. The predicted octanol–water partition coefficient (Wildman–Crippen LogP) is 2.73. The molecule has 0 amide bonds. The molecule has 0 saturated carbocycles. The number of nitrogens with two attached hydrogens (primary N) is 1. The molecule has 0 aromatic heterocycles. The number of carbonyl (C=O) groups excluding carboxylic acids is 1. The summed E-state index contributed by atoms with van der Waals surface area (Å²) in [5, 5.41) is 8.32. The summed E-state index contributed by atoms with van der Waals surface area (Å²) in [7, 11) is 2.82. The number of alkyl halides is 1. The van der Waals surface area contributed by atoms with E-state index in [1.165, 1.54) is 38.5 Å². The van der Waals surface area contributed by atoms with Crippen molar-refractivity contribution >= 4 is 29.0 Å². The quantitative estimate of drug-likeness (QED) is 0.361. The fraction of sp³-hybridized carbons (Fsp3) is 0.235. The molecule has 0 bridgehead atoms. The van der Waals surface area contributed by atoms with Crippen molar-refractivity contribution < 1.29 is 19.4 Å². The maximum atomic E-state index is 12.2. The molecule has 5 nitrogen and oxygen atoms in total. The standard InChI is InChI=1S/C17H17Cl2NO4/c1-23-13-5-3-4-12(9-13)14(21)7-6-11-8-15(18)17(20,22)16(19,10-11)24-2/h3-10,22H,20H2,1-2H3. The Morgan fingerprint density at radius 1 is 1.38 bits per heavy atom.